The molecule has 0 unspecified atom stereocenters. The molecule has 1 aliphatic rings. The minimum atomic E-state index is -1.25. The molecule has 24 heavy (non-hydrogen) atoms. The highest BCUT2D eigenvalue weighted by Crippen LogP contribution is 2.28. The molecule has 1 N–H and O–H groups in total. The Morgan fingerprint density at radius 2 is 1.88 bits per heavy atom. The molecule has 0 amide bonds. The number of esters is 2. The van der Waals surface area contributed by atoms with Crippen LogP contribution < -0.4 is 10.1 Å². The first-order valence-electron chi connectivity index (χ1n) is 7.17. The second kappa shape index (κ2) is 7.67. The maximum absolute atomic E-state index is 11.8. The number of carbonyl (C=O) groups is 2. The van der Waals surface area contributed by atoms with E-state index in [9.17, 15) is 9.59 Å². The van der Waals surface area contributed by atoms with Crippen LogP contribution in [-0.4, -0.2) is 38.0 Å². The van der Waals surface area contributed by atoms with Gasteiger partial charge in [-0.2, -0.15) is 0 Å². The molecule has 130 valence electrons. The molecule has 0 bridgehead atoms. The van der Waals surface area contributed by atoms with Gasteiger partial charge in [0.25, 0.3) is 5.79 Å². The molecule has 1 aromatic rings. The second-order valence-electron chi connectivity index (χ2n) is 5.37. The van der Waals surface area contributed by atoms with Crippen molar-refractivity contribution < 1.29 is 28.5 Å². The van der Waals surface area contributed by atoms with Gasteiger partial charge in [0.2, 0.25) is 0 Å². The molecule has 0 aromatic heterocycles. The molecule has 1 fully saturated rings. The number of hydrogen-bond acceptors (Lipinski definition) is 7. The fraction of sp³-hybridized carbons (Fsp3) is 0.375. The standard InChI is InChI=1S/C16H18BrNO6/c1-16(2)23-14(19)11(15(20)24-16)9-18-10-4-5-13(12(17)8-10)22-7-6-21-3/h4-5,8-9,18H,6-7H2,1-3H3. The number of hydrogen-bond donors (Lipinski definition) is 1. The van der Waals surface area contributed by atoms with Gasteiger partial charge in [-0.05, 0) is 34.1 Å². The minimum Gasteiger partial charge on any atom is -0.490 e. The van der Waals surface area contributed by atoms with Crippen LogP contribution in [-0.2, 0) is 23.8 Å². The number of benzene rings is 1. The van der Waals surface area contributed by atoms with Crippen molar-refractivity contribution in [2.45, 2.75) is 19.6 Å². The topological polar surface area (TPSA) is 83.1 Å². The van der Waals surface area contributed by atoms with Gasteiger partial charge in [-0.15, -0.1) is 0 Å². The van der Waals surface area contributed by atoms with E-state index in [1.807, 2.05) is 0 Å². The van der Waals surface area contributed by atoms with Crippen molar-refractivity contribution in [3.8, 4) is 5.75 Å². The van der Waals surface area contributed by atoms with Crippen LogP contribution in [0.15, 0.2) is 34.4 Å². The summed E-state index contributed by atoms with van der Waals surface area (Å²) in [6.07, 6.45) is 1.26. The van der Waals surface area contributed by atoms with Gasteiger partial charge in [0.1, 0.15) is 12.4 Å². The summed E-state index contributed by atoms with van der Waals surface area (Å²) in [6, 6.07) is 5.25. The molecule has 0 saturated carbocycles. The van der Waals surface area contributed by atoms with Crippen molar-refractivity contribution in [2.75, 3.05) is 25.6 Å². The Labute approximate surface area is 148 Å². The average molecular weight is 400 g/mol. The number of anilines is 1. The average Bonchev–Trinajstić information content (AvgIpc) is 2.47. The van der Waals surface area contributed by atoms with Crippen LogP contribution >= 0.6 is 15.9 Å². The number of methoxy groups -OCH3 is 1. The summed E-state index contributed by atoms with van der Waals surface area (Å²) in [4.78, 5) is 23.7. The summed E-state index contributed by atoms with van der Waals surface area (Å²) in [5.74, 6) is -2.07. The SMILES string of the molecule is COCCOc1ccc(NC=C2C(=O)OC(C)(C)OC2=O)cc1Br. The van der Waals surface area contributed by atoms with Crippen LogP contribution in [0, 0.1) is 0 Å². The lowest BCUT2D eigenvalue weighted by Crippen LogP contribution is -2.42. The Kier molecular flexibility index (Phi) is 5.84. The zero-order chi connectivity index (χ0) is 17.7. The molecule has 0 aliphatic carbocycles. The van der Waals surface area contributed by atoms with Gasteiger partial charge in [0.05, 0.1) is 11.1 Å². The van der Waals surface area contributed by atoms with E-state index in [0.717, 1.165) is 4.47 Å². The molecule has 1 heterocycles. The third kappa shape index (κ3) is 4.72. The van der Waals surface area contributed by atoms with Gasteiger partial charge in [-0.1, -0.05) is 0 Å². The van der Waals surface area contributed by atoms with Gasteiger partial charge in [0.15, 0.2) is 5.57 Å². The van der Waals surface area contributed by atoms with Gasteiger partial charge in [-0.3, -0.25) is 0 Å². The molecule has 8 heteroatoms. The van der Waals surface area contributed by atoms with Gasteiger partial charge in [0, 0.05) is 32.8 Å². The maximum Gasteiger partial charge on any atom is 0.350 e. The number of ether oxygens (including phenoxy) is 4. The highest BCUT2D eigenvalue weighted by Gasteiger charge is 2.38. The molecule has 7 nitrogen and oxygen atoms in total. The molecule has 0 radical (unpaired) electrons. The Bertz CT molecular complexity index is 649. The molecule has 2 rings (SSSR count). The zero-order valence-corrected chi connectivity index (χ0v) is 15.1. The lowest BCUT2D eigenvalue weighted by Gasteiger charge is -2.29. The predicted octanol–water partition coefficient (Wildman–Crippen LogP) is 2.61. The van der Waals surface area contributed by atoms with Gasteiger partial charge < -0.3 is 24.3 Å². The first-order valence-corrected chi connectivity index (χ1v) is 7.96. The van der Waals surface area contributed by atoms with E-state index >= 15 is 0 Å². The minimum absolute atomic E-state index is 0.203. The summed E-state index contributed by atoms with van der Waals surface area (Å²) in [5.41, 5.74) is 0.449. The van der Waals surface area contributed by atoms with Crippen LogP contribution in [0.3, 0.4) is 0 Å². The van der Waals surface area contributed by atoms with Crippen LogP contribution in [0.5, 0.6) is 5.75 Å². The molecule has 0 atom stereocenters. The fourth-order valence-electron chi connectivity index (χ4n) is 1.88. The Balaban J connectivity index is 2.05. The Morgan fingerprint density at radius 1 is 1.21 bits per heavy atom. The van der Waals surface area contributed by atoms with Crippen LogP contribution in [0.4, 0.5) is 5.69 Å². The normalized spacial score (nSPS) is 16.2. The largest absolute Gasteiger partial charge is 0.490 e. The van der Waals surface area contributed by atoms with E-state index in [4.69, 9.17) is 18.9 Å². The van der Waals surface area contributed by atoms with Gasteiger partial charge in [-0.25, -0.2) is 9.59 Å². The fourth-order valence-corrected chi connectivity index (χ4v) is 2.37. The first-order chi connectivity index (χ1) is 11.3. The molecule has 1 saturated heterocycles. The predicted molar refractivity (Wildman–Crippen MR) is 89.5 cm³/mol. The quantitative estimate of drug-likeness (QED) is 0.340. The van der Waals surface area contributed by atoms with E-state index < -0.39 is 17.7 Å². The van der Waals surface area contributed by atoms with Crippen molar-refractivity contribution in [2.24, 2.45) is 0 Å². The summed E-state index contributed by atoms with van der Waals surface area (Å²) in [6.45, 7) is 3.90. The Morgan fingerprint density at radius 3 is 2.46 bits per heavy atom. The van der Waals surface area contributed by atoms with E-state index in [1.54, 1.807) is 25.3 Å². The van der Waals surface area contributed by atoms with Crippen LogP contribution in [0.25, 0.3) is 0 Å². The third-order valence-electron chi connectivity index (χ3n) is 2.98. The molecule has 1 aromatic carbocycles. The summed E-state index contributed by atoms with van der Waals surface area (Å²) in [7, 11) is 1.60. The number of cyclic esters (lactones) is 2. The monoisotopic (exact) mass is 399 g/mol. The van der Waals surface area contributed by atoms with Crippen molar-refractivity contribution in [3.05, 3.63) is 34.4 Å². The molecular formula is C16H18BrNO6. The number of nitrogens with one attached hydrogen (secondary N) is 1. The van der Waals surface area contributed by atoms with Crippen LogP contribution in [0.2, 0.25) is 0 Å². The summed E-state index contributed by atoms with van der Waals surface area (Å²) < 4.78 is 21.2. The van der Waals surface area contributed by atoms with Gasteiger partial charge >= 0.3 is 11.9 Å². The smallest absolute Gasteiger partial charge is 0.350 e. The zero-order valence-electron chi connectivity index (χ0n) is 13.6. The lowest BCUT2D eigenvalue weighted by molar-refractivity contribution is -0.222. The van der Waals surface area contributed by atoms with Crippen molar-refractivity contribution in [3.63, 3.8) is 0 Å². The maximum atomic E-state index is 11.8. The van der Waals surface area contributed by atoms with Crippen molar-refractivity contribution in [1.29, 1.82) is 0 Å². The van der Waals surface area contributed by atoms with E-state index in [-0.39, 0.29) is 5.57 Å². The molecular weight excluding hydrogens is 382 g/mol. The van der Waals surface area contributed by atoms with Crippen molar-refractivity contribution in [1.82, 2.24) is 0 Å². The molecule has 1 aliphatic heterocycles. The summed E-state index contributed by atoms with van der Waals surface area (Å²) >= 11 is 3.39. The highest BCUT2D eigenvalue weighted by atomic mass is 79.9. The van der Waals surface area contributed by atoms with Crippen molar-refractivity contribution >= 4 is 33.6 Å². The number of carbonyl (C=O) groups excluding carboxylic acids is 2. The Hall–Kier alpha value is -2.06. The lowest BCUT2D eigenvalue weighted by atomic mass is 10.2. The van der Waals surface area contributed by atoms with E-state index in [2.05, 4.69) is 21.2 Å². The van der Waals surface area contributed by atoms with E-state index in [1.165, 1.54) is 20.0 Å². The highest BCUT2D eigenvalue weighted by molar-refractivity contribution is 9.10. The summed E-state index contributed by atoms with van der Waals surface area (Å²) in [5, 5.41) is 2.86. The third-order valence-corrected chi connectivity index (χ3v) is 3.60. The van der Waals surface area contributed by atoms with Crippen LogP contribution in [0.1, 0.15) is 13.8 Å². The van der Waals surface area contributed by atoms with E-state index in [0.29, 0.717) is 24.7 Å². The number of halogens is 1. The molecule has 0 spiro atoms. The second-order valence-corrected chi connectivity index (χ2v) is 6.22. The first kappa shape index (κ1) is 18.3. The number of rotatable bonds is 6.